The smallest absolute Gasteiger partial charge is 0.238 e. The van der Waals surface area contributed by atoms with Crippen LogP contribution in [0.2, 0.25) is 0 Å². The van der Waals surface area contributed by atoms with Gasteiger partial charge in [-0.15, -0.1) is 0 Å². The molecule has 0 unspecified atom stereocenters. The van der Waals surface area contributed by atoms with E-state index in [9.17, 15) is 4.79 Å². The van der Waals surface area contributed by atoms with Gasteiger partial charge in [0.05, 0.1) is 32.1 Å². The summed E-state index contributed by atoms with van der Waals surface area (Å²) < 4.78 is 17.0. The van der Waals surface area contributed by atoms with Crippen molar-refractivity contribution in [3.8, 4) is 11.5 Å². The number of benzene rings is 3. The lowest BCUT2D eigenvalue weighted by Crippen LogP contribution is -2.48. The first-order valence-corrected chi connectivity index (χ1v) is 11.1. The Morgan fingerprint density at radius 3 is 2.39 bits per heavy atom. The molecule has 1 amide bonds. The van der Waals surface area contributed by atoms with Crippen LogP contribution in [0.15, 0.2) is 65.1 Å². The number of nitrogens with zero attached hydrogens (tertiary/aromatic N) is 2. The zero-order valence-electron chi connectivity index (χ0n) is 18.8. The summed E-state index contributed by atoms with van der Waals surface area (Å²) in [6.07, 6.45) is 0. The standard InChI is InChI=1S/C26H27N3O4/c1-31-23-10-6-4-8-21(23)29-13-11-28(12-14-29)17-26(30)27-20-16-24-19(15-25(20)32-2)18-7-3-5-9-22(18)33-24/h3-10,15-16H,11-14,17H2,1-2H3,(H,27,30). The second kappa shape index (κ2) is 9.03. The van der Waals surface area contributed by atoms with Crippen molar-refractivity contribution in [2.75, 3.05) is 57.2 Å². The molecule has 7 nitrogen and oxygen atoms in total. The van der Waals surface area contributed by atoms with Crippen molar-refractivity contribution in [2.24, 2.45) is 0 Å². The summed E-state index contributed by atoms with van der Waals surface area (Å²) in [4.78, 5) is 17.3. The molecule has 2 heterocycles. The average Bonchev–Trinajstić information content (AvgIpc) is 3.21. The highest BCUT2D eigenvalue weighted by molar-refractivity contribution is 6.07. The van der Waals surface area contributed by atoms with E-state index in [-0.39, 0.29) is 5.91 Å². The largest absolute Gasteiger partial charge is 0.495 e. The SMILES string of the molecule is COc1cc2c(cc1NC(=O)CN1CCN(c3ccccc3OC)CC1)oc1ccccc12. The topological polar surface area (TPSA) is 67.2 Å². The summed E-state index contributed by atoms with van der Waals surface area (Å²) in [6, 6.07) is 19.7. The van der Waals surface area contributed by atoms with E-state index < -0.39 is 0 Å². The molecule has 3 aromatic carbocycles. The number of furan rings is 1. The van der Waals surface area contributed by atoms with Gasteiger partial charge in [-0.3, -0.25) is 9.69 Å². The van der Waals surface area contributed by atoms with E-state index in [0.717, 1.165) is 59.6 Å². The molecule has 5 rings (SSSR count). The Balaban J connectivity index is 1.25. The number of para-hydroxylation sites is 3. The fourth-order valence-electron chi connectivity index (χ4n) is 4.45. The number of ether oxygens (including phenoxy) is 2. The molecule has 0 aliphatic carbocycles. The number of rotatable bonds is 6. The van der Waals surface area contributed by atoms with Crippen molar-refractivity contribution in [2.45, 2.75) is 0 Å². The van der Waals surface area contributed by atoms with Crippen LogP contribution in [-0.2, 0) is 4.79 Å². The van der Waals surface area contributed by atoms with Crippen molar-refractivity contribution in [1.82, 2.24) is 4.90 Å². The molecule has 4 aromatic rings. The Hall–Kier alpha value is -3.71. The maximum Gasteiger partial charge on any atom is 0.238 e. The molecule has 0 bridgehead atoms. The maximum absolute atomic E-state index is 12.8. The zero-order valence-corrected chi connectivity index (χ0v) is 18.8. The van der Waals surface area contributed by atoms with E-state index in [1.807, 2.05) is 54.6 Å². The normalized spacial score (nSPS) is 14.5. The van der Waals surface area contributed by atoms with E-state index >= 15 is 0 Å². The van der Waals surface area contributed by atoms with Crippen molar-refractivity contribution in [3.63, 3.8) is 0 Å². The summed E-state index contributed by atoms with van der Waals surface area (Å²) in [5.74, 6) is 1.41. The quantitative estimate of drug-likeness (QED) is 0.476. The second-order valence-electron chi connectivity index (χ2n) is 8.13. The molecule has 33 heavy (non-hydrogen) atoms. The Morgan fingerprint density at radius 2 is 1.61 bits per heavy atom. The number of nitrogens with one attached hydrogen (secondary N) is 1. The molecule has 1 aliphatic rings. The van der Waals surface area contributed by atoms with E-state index in [1.54, 1.807) is 14.2 Å². The number of carbonyl (C=O) groups is 1. The molecular weight excluding hydrogens is 418 g/mol. The monoisotopic (exact) mass is 445 g/mol. The van der Waals surface area contributed by atoms with Crippen LogP contribution in [-0.4, -0.2) is 57.8 Å². The van der Waals surface area contributed by atoms with Crippen LogP contribution in [0.1, 0.15) is 0 Å². The van der Waals surface area contributed by atoms with Gasteiger partial charge in [-0.2, -0.15) is 0 Å². The van der Waals surface area contributed by atoms with Crippen LogP contribution in [0.3, 0.4) is 0 Å². The fraction of sp³-hybridized carbons (Fsp3) is 0.269. The molecule has 0 radical (unpaired) electrons. The third-order valence-electron chi connectivity index (χ3n) is 6.14. The van der Waals surface area contributed by atoms with E-state index in [2.05, 4.69) is 21.2 Å². The van der Waals surface area contributed by atoms with Gasteiger partial charge < -0.3 is 24.1 Å². The average molecular weight is 446 g/mol. The first kappa shape index (κ1) is 21.2. The van der Waals surface area contributed by atoms with Gasteiger partial charge in [0, 0.05) is 43.0 Å². The first-order valence-electron chi connectivity index (χ1n) is 11.1. The van der Waals surface area contributed by atoms with Gasteiger partial charge in [0.2, 0.25) is 5.91 Å². The van der Waals surface area contributed by atoms with Crippen LogP contribution in [0.25, 0.3) is 21.9 Å². The highest BCUT2D eigenvalue weighted by Crippen LogP contribution is 2.36. The number of amides is 1. The van der Waals surface area contributed by atoms with Gasteiger partial charge in [0.1, 0.15) is 22.7 Å². The maximum atomic E-state index is 12.8. The number of carbonyl (C=O) groups excluding carboxylic acids is 1. The molecular formula is C26H27N3O4. The number of hydrogen-bond acceptors (Lipinski definition) is 6. The third-order valence-corrected chi connectivity index (χ3v) is 6.14. The van der Waals surface area contributed by atoms with Crippen LogP contribution >= 0.6 is 0 Å². The van der Waals surface area contributed by atoms with Crippen molar-refractivity contribution in [1.29, 1.82) is 0 Å². The highest BCUT2D eigenvalue weighted by Gasteiger charge is 2.22. The molecule has 7 heteroatoms. The Bertz CT molecular complexity index is 1290. The number of piperazine rings is 1. The highest BCUT2D eigenvalue weighted by atomic mass is 16.5. The summed E-state index contributed by atoms with van der Waals surface area (Å²) in [6.45, 7) is 3.58. The van der Waals surface area contributed by atoms with Crippen molar-refractivity contribution < 1.29 is 18.7 Å². The van der Waals surface area contributed by atoms with Crippen molar-refractivity contribution >= 4 is 39.2 Å². The molecule has 1 fully saturated rings. The van der Waals surface area contributed by atoms with Crippen LogP contribution in [0.4, 0.5) is 11.4 Å². The lowest BCUT2D eigenvalue weighted by molar-refractivity contribution is -0.117. The molecule has 0 atom stereocenters. The van der Waals surface area contributed by atoms with Gasteiger partial charge in [0.15, 0.2) is 0 Å². The second-order valence-corrected chi connectivity index (χ2v) is 8.13. The van der Waals surface area contributed by atoms with Crippen LogP contribution in [0.5, 0.6) is 11.5 Å². The first-order chi connectivity index (χ1) is 16.2. The summed E-state index contributed by atoms with van der Waals surface area (Å²) >= 11 is 0. The molecule has 0 saturated carbocycles. The summed E-state index contributed by atoms with van der Waals surface area (Å²) in [5.41, 5.74) is 3.23. The summed E-state index contributed by atoms with van der Waals surface area (Å²) in [7, 11) is 3.30. The predicted molar refractivity (Wildman–Crippen MR) is 131 cm³/mol. The van der Waals surface area contributed by atoms with Gasteiger partial charge in [0.25, 0.3) is 0 Å². The number of anilines is 2. The molecule has 1 aliphatic heterocycles. The number of hydrogen-bond donors (Lipinski definition) is 1. The molecule has 0 spiro atoms. The zero-order chi connectivity index (χ0) is 22.8. The van der Waals surface area contributed by atoms with E-state index in [1.165, 1.54) is 0 Å². The summed E-state index contributed by atoms with van der Waals surface area (Å²) in [5, 5.41) is 5.00. The minimum atomic E-state index is -0.0745. The predicted octanol–water partition coefficient (Wildman–Crippen LogP) is 4.36. The molecule has 1 saturated heterocycles. The van der Waals surface area contributed by atoms with Crippen LogP contribution in [0, 0.1) is 0 Å². The lowest BCUT2D eigenvalue weighted by Gasteiger charge is -2.36. The Morgan fingerprint density at radius 1 is 0.879 bits per heavy atom. The van der Waals surface area contributed by atoms with Gasteiger partial charge >= 0.3 is 0 Å². The van der Waals surface area contributed by atoms with Gasteiger partial charge in [-0.05, 0) is 24.3 Å². The fourth-order valence-corrected chi connectivity index (χ4v) is 4.45. The Kier molecular flexibility index (Phi) is 5.79. The number of fused-ring (bicyclic) bond motifs is 3. The molecule has 170 valence electrons. The number of methoxy groups -OCH3 is 2. The molecule has 1 N–H and O–H groups in total. The Labute approximate surface area is 192 Å². The van der Waals surface area contributed by atoms with Gasteiger partial charge in [-0.1, -0.05) is 30.3 Å². The molecule has 1 aromatic heterocycles. The minimum absolute atomic E-state index is 0.0745. The minimum Gasteiger partial charge on any atom is -0.495 e. The van der Waals surface area contributed by atoms with E-state index in [0.29, 0.717) is 18.0 Å². The third kappa shape index (κ3) is 4.19. The lowest BCUT2D eigenvalue weighted by atomic mass is 10.1. The van der Waals surface area contributed by atoms with Crippen molar-refractivity contribution in [3.05, 3.63) is 60.7 Å². The van der Waals surface area contributed by atoms with Gasteiger partial charge in [-0.25, -0.2) is 0 Å². The van der Waals surface area contributed by atoms with E-state index in [4.69, 9.17) is 13.9 Å². The van der Waals surface area contributed by atoms with Crippen LogP contribution < -0.4 is 19.7 Å².